The molecule has 2 aromatic rings. The van der Waals surface area contributed by atoms with Crippen molar-refractivity contribution in [3.05, 3.63) is 53.3 Å². The third kappa shape index (κ3) is 2.12. The molecule has 0 spiro atoms. The van der Waals surface area contributed by atoms with E-state index < -0.39 is 0 Å². The van der Waals surface area contributed by atoms with E-state index in [0.717, 1.165) is 35.7 Å². The van der Waals surface area contributed by atoms with Gasteiger partial charge in [-0.15, -0.1) is 0 Å². The smallest absolute Gasteiger partial charge is 0.142 e. The van der Waals surface area contributed by atoms with Gasteiger partial charge in [-0.25, -0.2) is 0 Å². The van der Waals surface area contributed by atoms with E-state index in [2.05, 4.69) is 28.5 Å². The fourth-order valence-corrected chi connectivity index (χ4v) is 2.75. The Bertz CT molecular complexity index is 613. The predicted octanol–water partition coefficient (Wildman–Crippen LogP) is 2.33. The Labute approximate surface area is 118 Å². The molecule has 1 unspecified atom stereocenters. The summed E-state index contributed by atoms with van der Waals surface area (Å²) >= 11 is 0. The van der Waals surface area contributed by atoms with Crippen molar-refractivity contribution >= 4 is 0 Å². The van der Waals surface area contributed by atoms with Crippen LogP contribution in [0.25, 0.3) is 0 Å². The summed E-state index contributed by atoms with van der Waals surface area (Å²) in [5.41, 5.74) is 3.48. The van der Waals surface area contributed by atoms with E-state index in [9.17, 15) is 0 Å². The molecule has 3 rings (SSSR count). The van der Waals surface area contributed by atoms with Crippen LogP contribution in [0.15, 0.2) is 36.7 Å². The van der Waals surface area contributed by atoms with Gasteiger partial charge in [0.05, 0.1) is 26.0 Å². The Hall–Kier alpha value is -2.07. The minimum atomic E-state index is 0.0287. The molecule has 4 nitrogen and oxygen atoms in total. The number of nitrogens with one attached hydrogen (secondary N) is 1. The van der Waals surface area contributed by atoms with Crippen molar-refractivity contribution in [3.8, 4) is 11.5 Å². The van der Waals surface area contributed by atoms with Gasteiger partial charge >= 0.3 is 0 Å². The van der Waals surface area contributed by atoms with Crippen LogP contribution in [0.1, 0.15) is 22.7 Å². The highest BCUT2D eigenvalue weighted by atomic mass is 16.5. The molecule has 1 N–H and O–H groups in total. The number of para-hydroxylation sites is 1. The molecule has 4 heteroatoms. The minimum Gasteiger partial charge on any atom is -0.495 e. The molecule has 0 bridgehead atoms. The molecule has 1 atom stereocenters. The number of fused-ring (bicyclic) bond motifs is 1. The number of aromatic nitrogens is 1. The van der Waals surface area contributed by atoms with Crippen molar-refractivity contribution in [2.45, 2.75) is 12.5 Å². The molecule has 0 saturated heterocycles. The molecule has 1 aliphatic rings. The number of rotatable bonds is 4. The minimum absolute atomic E-state index is 0.0287. The molecule has 20 heavy (non-hydrogen) atoms. The number of nitrogens with zero attached hydrogens (tertiary/aromatic N) is 1. The van der Waals surface area contributed by atoms with E-state index in [-0.39, 0.29) is 6.04 Å². The van der Waals surface area contributed by atoms with Crippen LogP contribution in [-0.4, -0.2) is 25.7 Å². The molecule has 2 heterocycles. The zero-order valence-electron chi connectivity index (χ0n) is 11.7. The van der Waals surface area contributed by atoms with E-state index >= 15 is 0 Å². The molecule has 0 saturated carbocycles. The zero-order valence-corrected chi connectivity index (χ0v) is 11.7. The summed E-state index contributed by atoms with van der Waals surface area (Å²) in [5.74, 6) is 1.79. The Balaban J connectivity index is 2.09. The Morgan fingerprint density at radius 1 is 1.30 bits per heavy atom. The van der Waals surface area contributed by atoms with Crippen molar-refractivity contribution in [1.82, 2.24) is 10.3 Å². The maximum Gasteiger partial charge on any atom is 0.142 e. The number of methoxy groups -OCH3 is 1. The summed E-state index contributed by atoms with van der Waals surface area (Å²) in [4.78, 5) is 4.11. The van der Waals surface area contributed by atoms with Crippen LogP contribution in [0.2, 0.25) is 0 Å². The van der Waals surface area contributed by atoms with Gasteiger partial charge in [-0.1, -0.05) is 18.2 Å². The molecule has 104 valence electrons. The first-order valence-corrected chi connectivity index (χ1v) is 6.75. The molecule has 0 radical (unpaired) electrons. The van der Waals surface area contributed by atoms with Gasteiger partial charge in [0.15, 0.2) is 0 Å². The fraction of sp³-hybridized carbons (Fsp3) is 0.312. The average molecular weight is 270 g/mol. The zero-order chi connectivity index (χ0) is 13.9. The summed E-state index contributed by atoms with van der Waals surface area (Å²) in [6, 6.07) is 8.32. The first-order valence-electron chi connectivity index (χ1n) is 6.75. The summed E-state index contributed by atoms with van der Waals surface area (Å²) in [6.07, 6.45) is 4.50. The third-order valence-electron chi connectivity index (χ3n) is 3.69. The molecule has 1 aromatic heterocycles. The number of benzene rings is 1. The van der Waals surface area contributed by atoms with Crippen LogP contribution >= 0.6 is 0 Å². The molecule has 1 aliphatic heterocycles. The first kappa shape index (κ1) is 12.9. The lowest BCUT2D eigenvalue weighted by Crippen LogP contribution is -2.19. The lowest BCUT2D eigenvalue weighted by atomic mass is 9.96. The standard InChI is InChI=1S/C16H18N2O2/c1-17-15(12-6-8-18-10-14(12)19-2)13-5-3-4-11-7-9-20-16(11)13/h3-6,8,10,15,17H,7,9H2,1-2H3. The number of pyridine rings is 1. The molecule has 1 aromatic carbocycles. The Morgan fingerprint density at radius 2 is 2.20 bits per heavy atom. The second kappa shape index (κ2) is 5.51. The normalized spacial score (nSPS) is 14.5. The lowest BCUT2D eigenvalue weighted by molar-refractivity contribution is 0.350. The Morgan fingerprint density at radius 3 is 3.00 bits per heavy atom. The van der Waals surface area contributed by atoms with E-state index in [1.165, 1.54) is 5.56 Å². The number of hydrogen-bond donors (Lipinski definition) is 1. The van der Waals surface area contributed by atoms with E-state index in [0.29, 0.717) is 0 Å². The molecule has 0 fully saturated rings. The topological polar surface area (TPSA) is 43.4 Å². The van der Waals surface area contributed by atoms with Crippen molar-refractivity contribution in [3.63, 3.8) is 0 Å². The van der Waals surface area contributed by atoms with Crippen LogP contribution in [0.5, 0.6) is 11.5 Å². The highest BCUT2D eigenvalue weighted by molar-refractivity contribution is 5.50. The van der Waals surface area contributed by atoms with Crippen LogP contribution in [0, 0.1) is 0 Å². The van der Waals surface area contributed by atoms with Crippen LogP contribution in [-0.2, 0) is 6.42 Å². The number of ether oxygens (including phenoxy) is 2. The van der Waals surface area contributed by atoms with Crippen molar-refractivity contribution in [2.24, 2.45) is 0 Å². The van der Waals surface area contributed by atoms with Crippen molar-refractivity contribution in [2.75, 3.05) is 20.8 Å². The van der Waals surface area contributed by atoms with Crippen LogP contribution < -0.4 is 14.8 Å². The second-order valence-corrected chi connectivity index (χ2v) is 4.77. The summed E-state index contributed by atoms with van der Waals surface area (Å²) in [6.45, 7) is 0.760. The fourth-order valence-electron chi connectivity index (χ4n) is 2.75. The number of hydrogen-bond acceptors (Lipinski definition) is 4. The third-order valence-corrected chi connectivity index (χ3v) is 3.69. The van der Waals surface area contributed by atoms with Gasteiger partial charge in [-0.3, -0.25) is 4.98 Å². The van der Waals surface area contributed by atoms with E-state index in [4.69, 9.17) is 9.47 Å². The maximum absolute atomic E-state index is 5.81. The van der Waals surface area contributed by atoms with Crippen molar-refractivity contribution < 1.29 is 9.47 Å². The van der Waals surface area contributed by atoms with Gasteiger partial charge in [0.2, 0.25) is 0 Å². The summed E-state index contributed by atoms with van der Waals surface area (Å²) in [7, 11) is 3.61. The highest BCUT2D eigenvalue weighted by Gasteiger charge is 2.24. The lowest BCUT2D eigenvalue weighted by Gasteiger charge is -2.21. The maximum atomic E-state index is 5.81. The van der Waals surface area contributed by atoms with Gasteiger partial charge in [0, 0.05) is 23.7 Å². The summed E-state index contributed by atoms with van der Waals surface area (Å²) in [5, 5.41) is 3.35. The quantitative estimate of drug-likeness (QED) is 0.926. The largest absolute Gasteiger partial charge is 0.495 e. The van der Waals surface area contributed by atoms with Gasteiger partial charge < -0.3 is 14.8 Å². The Kier molecular flexibility index (Phi) is 3.56. The average Bonchev–Trinajstić information content (AvgIpc) is 2.98. The van der Waals surface area contributed by atoms with E-state index in [1.54, 1.807) is 19.5 Å². The molecular formula is C16H18N2O2. The van der Waals surface area contributed by atoms with Gasteiger partial charge in [0.1, 0.15) is 11.5 Å². The van der Waals surface area contributed by atoms with Crippen LogP contribution in [0.4, 0.5) is 0 Å². The monoisotopic (exact) mass is 270 g/mol. The van der Waals surface area contributed by atoms with Crippen LogP contribution in [0.3, 0.4) is 0 Å². The second-order valence-electron chi connectivity index (χ2n) is 4.77. The highest BCUT2D eigenvalue weighted by Crippen LogP contribution is 2.38. The first-order chi connectivity index (χ1) is 9.85. The predicted molar refractivity (Wildman–Crippen MR) is 77.3 cm³/mol. The van der Waals surface area contributed by atoms with Gasteiger partial charge in [-0.2, -0.15) is 0 Å². The van der Waals surface area contributed by atoms with E-state index in [1.807, 2.05) is 13.1 Å². The molecular weight excluding hydrogens is 252 g/mol. The van der Waals surface area contributed by atoms with Gasteiger partial charge in [-0.05, 0) is 18.7 Å². The van der Waals surface area contributed by atoms with Gasteiger partial charge in [0.25, 0.3) is 0 Å². The van der Waals surface area contributed by atoms with Crippen molar-refractivity contribution in [1.29, 1.82) is 0 Å². The molecule has 0 aliphatic carbocycles. The summed E-state index contributed by atoms with van der Waals surface area (Å²) < 4.78 is 11.2. The molecule has 0 amide bonds. The SMILES string of the molecule is CNC(c1ccncc1OC)c1cccc2c1OCC2.